The van der Waals surface area contributed by atoms with Crippen molar-refractivity contribution in [3.63, 3.8) is 0 Å². The minimum absolute atomic E-state index is 0.149. The number of benzene rings is 1. The van der Waals surface area contributed by atoms with Gasteiger partial charge >= 0.3 is 12.0 Å². The zero-order valence-corrected chi connectivity index (χ0v) is 11.5. The predicted octanol–water partition coefficient (Wildman–Crippen LogP) is 2.35. The van der Waals surface area contributed by atoms with E-state index in [0.29, 0.717) is 12.4 Å². The van der Waals surface area contributed by atoms with Gasteiger partial charge in [-0.15, -0.1) is 0 Å². The number of nitrogens with zero attached hydrogens (tertiary/aromatic N) is 3. The summed E-state index contributed by atoms with van der Waals surface area (Å²) in [6.07, 6.45) is 0.801. The first-order valence-corrected chi connectivity index (χ1v) is 6.47. The Balaban J connectivity index is 2.21. The highest BCUT2D eigenvalue weighted by molar-refractivity contribution is 5.72. The number of carboxylic acid groups (broad SMARTS) is 1. The van der Waals surface area contributed by atoms with Crippen molar-refractivity contribution in [2.45, 2.75) is 20.3 Å². The van der Waals surface area contributed by atoms with Crippen molar-refractivity contribution < 1.29 is 14.4 Å². The Labute approximate surface area is 117 Å². The third-order valence-electron chi connectivity index (χ3n) is 2.82. The van der Waals surface area contributed by atoms with Crippen LogP contribution in [0.3, 0.4) is 0 Å². The van der Waals surface area contributed by atoms with E-state index in [2.05, 4.69) is 10.1 Å². The van der Waals surface area contributed by atoms with Crippen LogP contribution in [0.5, 0.6) is 0 Å². The summed E-state index contributed by atoms with van der Waals surface area (Å²) in [6.45, 7) is 4.37. The van der Waals surface area contributed by atoms with Gasteiger partial charge in [0.1, 0.15) is 6.54 Å². The van der Waals surface area contributed by atoms with Gasteiger partial charge in [-0.2, -0.15) is 4.98 Å². The van der Waals surface area contributed by atoms with Crippen LogP contribution < -0.4 is 4.90 Å². The average molecular weight is 275 g/mol. The molecule has 6 nitrogen and oxygen atoms in total. The monoisotopic (exact) mass is 275 g/mol. The van der Waals surface area contributed by atoms with Crippen molar-refractivity contribution in [3.05, 3.63) is 29.8 Å². The Morgan fingerprint density at radius 2 is 2.05 bits per heavy atom. The van der Waals surface area contributed by atoms with Gasteiger partial charge in [0.2, 0.25) is 5.82 Å². The predicted molar refractivity (Wildman–Crippen MR) is 74.6 cm³/mol. The normalized spacial score (nSPS) is 10.5. The molecule has 1 aromatic heterocycles. The summed E-state index contributed by atoms with van der Waals surface area (Å²) in [5.41, 5.74) is 1.99. The average Bonchev–Trinajstić information content (AvgIpc) is 2.88. The van der Waals surface area contributed by atoms with E-state index in [9.17, 15) is 4.79 Å². The number of carbonyl (C=O) groups is 1. The lowest BCUT2D eigenvalue weighted by atomic mass is 10.1. The van der Waals surface area contributed by atoms with E-state index in [1.165, 1.54) is 0 Å². The van der Waals surface area contributed by atoms with Crippen LogP contribution in [0.25, 0.3) is 11.4 Å². The molecular weight excluding hydrogens is 258 g/mol. The lowest BCUT2D eigenvalue weighted by Gasteiger charge is -2.15. The summed E-state index contributed by atoms with van der Waals surface area (Å²) in [6, 6.07) is 7.99. The van der Waals surface area contributed by atoms with E-state index < -0.39 is 5.97 Å². The highest BCUT2D eigenvalue weighted by atomic mass is 16.5. The zero-order valence-electron chi connectivity index (χ0n) is 11.5. The molecule has 0 aliphatic heterocycles. The molecule has 0 spiro atoms. The van der Waals surface area contributed by atoms with Gasteiger partial charge in [-0.3, -0.25) is 4.79 Å². The summed E-state index contributed by atoms with van der Waals surface area (Å²) in [4.78, 5) is 16.7. The Bertz CT molecular complexity index is 578. The second-order valence-electron chi connectivity index (χ2n) is 4.58. The third kappa shape index (κ3) is 3.34. The number of hydrogen-bond acceptors (Lipinski definition) is 5. The summed E-state index contributed by atoms with van der Waals surface area (Å²) in [5, 5.41) is 12.8. The molecular formula is C14H17N3O3. The third-order valence-corrected chi connectivity index (χ3v) is 2.82. The molecule has 0 radical (unpaired) electrons. The van der Waals surface area contributed by atoms with Crippen molar-refractivity contribution in [1.82, 2.24) is 10.1 Å². The van der Waals surface area contributed by atoms with Crippen LogP contribution in [0.4, 0.5) is 6.01 Å². The highest BCUT2D eigenvalue weighted by Gasteiger charge is 2.17. The molecule has 106 valence electrons. The summed E-state index contributed by atoms with van der Waals surface area (Å²) in [5.74, 6) is -0.458. The summed E-state index contributed by atoms with van der Waals surface area (Å²) < 4.78 is 5.17. The van der Waals surface area contributed by atoms with E-state index >= 15 is 0 Å². The van der Waals surface area contributed by atoms with Gasteiger partial charge in [0.15, 0.2) is 0 Å². The van der Waals surface area contributed by atoms with Crippen LogP contribution in [0.15, 0.2) is 28.8 Å². The minimum atomic E-state index is -0.923. The van der Waals surface area contributed by atoms with Crippen molar-refractivity contribution >= 4 is 12.0 Å². The molecule has 0 atom stereocenters. The first-order valence-electron chi connectivity index (χ1n) is 6.47. The highest BCUT2D eigenvalue weighted by Crippen LogP contribution is 2.20. The lowest BCUT2D eigenvalue weighted by molar-refractivity contribution is -0.135. The van der Waals surface area contributed by atoms with Gasteiger partial charge in [-0.1, -0.05) is 41.9 Å². The van der Waals surface area contributed by atoms with Crippen molar-refractivity contribution in [2.75, 3.05) is 18.0 Å². The molecule has 20 heavy (non-hydrogen) atoms. The zero-order chi connectivity index (χ0) is 14.5. The quantitative estimate of drug-likeness (QED) is 0.871. The minimum Gasteiger partial charge on any atom is -0.480 e. The number of anilines is 1. The Hall–Kier alpha value is -2.37. The molecule has 1 aromatic carbocycles. The second-order valence-corrected chi connectivity index (χ2v) is 4.58. The fourth-order valence-corrected chi connectivity index (χ4v) is 1.84. The number of aromatic nitrogens is 2. The van der Waals surface area contributed by atoms with Gasteiger partial charge < -0.3 is 14.5 Å². The number of rotatable bonds is 6. The van der Waals surface area contributed by atoms with Crippen LogP contribution >= 0.6 is 0 Å². The lowest BCUT2D eigenvalue weighted by Crippen LogP contribution is -2.30. The number of hydrogen-bond donors (Lipinski definition) is 1. The van der Waals surface area contributed by atoms with Gasteiger partial charge in [0.05, 0.1) is 0 Å². The SMILES string of the molecule is CCCN(CC(=O)O)c1nc(-c2ccc(C)cc2)no1. The maximum atomic E-state index is 10.8. The topological polar surface area (TPSA) is 79.5 Å². The van der Waals surface area contributed by atoms with Gasteiger partial charge in [0.25, 0.3) is 0 Å². The smallest absolute Gasteiger partial charge is 0.324 e. The molecule has 0 unspecified atom stereocenters. The van der Waals surface area contributed by atoms with Crippen LogP contribution in [0.2, 0.25) is 0 Å². The maximum absolute atomic E-state index is 10.8. The van der Waals surface area contributed by atoms with Crippen molar-refractivity contribution in [3.8, 4) is 11.4 Å². The first kappa shape index (κ1) is 14.0. The molecule has 0 aliphatic carbocycles. The van der Waals surface area contributed by atoms with Gasteiger partial charge in [-0.25, -0.2) is 0 Å². The standard InChI is InChI=1S/C14H17N3O3/c1-3-8-17(9-12(18)19)14-15-13(16-20-14)11-6-4-10(2)5-7-11/h4-7H,3,8-9H2,1-2H3,(H,18,19). The fraction of sp³-hybridized carbons (Fsp3) is 0.357. The number of carboxylic acids is 1. The molecule has 0 saturated carbocycles. The molecule has 0 amide bonds. The number of aryl methyl sites for hydroxylation is 1. The summed E-state index contributed by atoms with van der Waals surface area (Å²) >= 11 is 0. The van der Waals surface area contributed by atoms with E-state index in [1.54, 1.807) is 4.90 Å². The van der Waals surface area contributed by atoms with E-state index in [4.69, 9.17) is 9.63 Å². The fourth-order valence-electron chi connectivity index (χ4n) is 1.84. The molecule has 6 heteroatoms. The van der Waals surface area contributed by atoms with E-state index in [0.717, 1.165) is 17.5 Å². The van der Waals surface area contributed by atoms with Gasteiger partial charge in [-0.05, 0) is 13.3 Å². The second kappa shape index (κ2) is 6.18. The largest absolute Gasteiger partial charge is 0.480 e. The Morgan fingerprint density at radius 3 is 2.65 bits per heavy atom. The van der Waals surface area contributed by atoms with Crippen LogP contribution in [0.1, 0.15) is 18.9 Å². The molecule has 0 aliphatic rings. The Morgan fingerprint density at radius 1 is 1.35 bits per heavy atom. The molecule has 2 rings (SSSR count). The summed E-state index contributed by atoms with van der Waals surface area (Å²) in [7, 11) is 0. The molecule has 0 saturated heterocycles. The first-order chi connectivity index (χ1) is 9.60. The van der Waals surface area contributed by atoms with Crippen molar-refractivity contribution in [1.29, 1.82) is 0 Å². The van der Waals surface area contributed by atoms with Crippen LogP contribution in [0, 0.1) is 6.92 Å². The van der Waals surface area contributed by atoms with E-state index in [-0.39, 0.29) is 12.6 Å². The van der Waals surface area contributed by atoms with Crippen molar-refractivity contribution in [2.24, 2.45) is 0 Å². The van der Waals surface area contributed by atoms with E-state index in [1.807, 2.05) is 38.1 Å². The van der Waals surface area contributed by atoms with Crippen LogP contribution in [-0.4, -0.2) is 34.3 Å². The molecule has 1 heterocycles. The molecule has 0 bridgehead atoms. The molecule has 1 N–H and O–H groups in total. The Kier molecular flexibility index (Phi) is 4.34. The number of aliphatic carboxylic acids is 1. The van der Waals surface area contributed by atoms with Crippen LogP contribution in [-0.2, 0) is 4.79 Å². The molecule has 2 aromatic rings. The maximum Gasteiger partial charge on any atom is 0.324 e. The van der Waals surface area contributed by atoms with Gasteiger partial charge in [0, 0.05) is 12.1 Å². The molecule has 0 fully saturated rings.